The Kier molecular flexibility index (Phi) is 3.81. The van der Waals surface area contributed by atoms with E-state index in [1.54, 1.807) is 0 Å². The maximum Gasteiger partial charge on any atom is 0.0467 e. The molecule has 1 aliphatic rings. The molecule has 2 unspecified atom stereocenters. The van der Waals surface area contributed by atoms with E-state index in [9.17, 15) is 0 Å². The second-order valence-electron chi connectivity index (χ2n) is 4.77. The first-order chi connectivity index (χ1) is 7.61. The van der Waals surface area contributed by atoms with E-state index < -0.39 is 0 Å². The molecule has 0 saturated carbocycles. The van der Waals surface area contributed by atoms with Crippen molar-refractivity contribution in [3.63, 3.8) is 0 Å². The Balaban J connectivity index is 2.19. The molecule has 16 heavy (non-hydrogen) atoms. The molecule has 1 fully saturated rings. The van der Waals surface area contributed by atoms with Crippen molar-refractivity contribution >= 4 is 33.2 Å². The van der Waals surface area contributed by atoms with E-state index in [1.807, 2.05) is 0 Å². The summed E-state index contributed by atoms with van der Waals surface area (Å²) in [4.78, 5) is 2.43. The van der Waals surface area contributed by atoms with Crippen LogP contribution in [0.1, 0.15) is 19.4 Å². The van der Waals surface area contributed by atoms with Crippen molar-refractivity contribution in [3.05, 3.63) is 28.8 Å². The van der Waals surface area contributed by atoms with Crippen LogP contribution < -0.4 is 4.90 Å². The zero-order valence-corrected chi connectivity index (χ0v) is 12.1. The molecule has 0 N–H and O–H groups in total. The smallest absolute Gasteiger partial charge is 0.0467 e. The standard InChI is InChI=1S/C13H17BrClN/c1-9-7-16(8-10(9)2)12-4-3-11(6-14)13(15)5-12/h3-5,9-10H,6-8H2,1-2H3. The minimum atomic E-state index is 0.773. The number of halogens is 2. The van der Waals surface area contributed by atoms with Gasteiger partial charge >= 0.3 is 0 Å². The predicted molar refractivity (Wildman–Crippen MR) is 74.6 cm³/mol. The van der Waals surface area contributed by atoms with Crippen LogP contribution in [0.15, 0.2) is 18.2 Å². The number of benzene rings is 1. The van der Waals surface area contributed by atoms with Gasteiger partial charge in [0.1, 0.15) is 0 Å². The molecular formula is C13H17BrClN. The summed E-state index contributed by atoms with van der Waals surface area (Å²) >= 11 is 9.66. The lowest BCUT2D eigenvalue weighted by atomic mass is 10.0. The second-order valence-corrected chi connectivity index (χ2v) is 5.74. The summed E-state index contributed by atoms with van der Waals surface area (Å²) in [5, 5.41) is 1.68. The van der Waals surface area contributed by atoms with Crippen LogP contribution in [-0.2, 0) is 5.33 Å². The lowest BCUT2D eigenvalue weighted by Gasteiger charge is -2.19. The quantitative estimate of drug-likeness (QED) is 0.735. The molecule has 1 saturated heterocycles. The van der Waals surface area contributed by atoms with Crippen molar-refractivity contribution in [1.29, 1.82) is 0 Å². The fraction of sp³-hybridized carbons (Fsp3) is 0.538. The lowest BCUT2D eigenvalue weighted by Crippen LogP contribution is -2.19. The average Bonchev–Trinajstić information content (AvgIpc) is 2.59. The third-order valence-corrected chi connectivity index (χ3v) is 4.49. The molecule has 0 aromatic heterocycles. The van der Waals surface area contributed by atoms with Gasteiger partial charge in [0.05, 0.1) is 0 Å². The van der Waals surface area contributed by atoms with Crippen molar-refractivity contribution in [2.75, 3.05) is 18.0 Å². The van der Waals surface area contributed by atoms with Crippen LogP contribution >= 0.6 is 27.5 Å². The molecule has 2 rings (SSSR count). The van der Waals surface area contributed by atoms with Gasteiger partial charge in [-0.1, -0.05) is 47.4 Å². The third kappa shape index (κ3) is 2.38. The van der Waals surface area contributed by atoms with E-state index in [0.717, 1.165) is 40.8 Å². The first kappa shape index (κ1) is 12.3. The summed E-state index contributed by atoms with van der Waals surface area (Å²) in [5.41, 5.74) is 2.41. The SMILES string of the molecule is CC1CN(c2ccc(CBr)c(Cl)c2)CC1C. The van der Waals surface area contributed by atoms with E-state index in [0.29, 0.717) is 0 Å². The maximum atomic E-state index is 6.22. The van der Waals surface area contributed by atoms with Crippen molar-refractivity contribution in [3.8, 4) is 0 Å². The number of rotatable bonds is 2. The number of hydrogen-bond acceptors (Lipinski definition) is 1. The van der Waals surface area contributed by atoms with E-state index in [1.165, 1.54) is 5.69 Å². The lowest BCUT2D eigenvalue weighted by molar-refractivity contribution is 0.494. The monoisotopic (exact) mass is 301 g/mol. The molecule has 0 spiro atoms. The first-order valence-corrected chi connectivity index (χ1v) is 7.21. The highest BCUT2D eigenvalue weighted by atomic mass is 79.9. The number of alkyl halides is 1. The number of hydrogen-bond donors (Lipinski definition) is 0. The summed E-state index contributed by atoms with van der Waals surface area (Å²) in [6, 6.07) is 6.37. The molecule has 2 atom stereocenters. The van der Waals surface area contributed by atoms with Crippen LogP contribution in [0.25, 0.3) is 0 Å². The Morgan fingerprint density at radius 1 is 1.31 bits per heavy atom. The normalized spacial score (nSPS) is 25.1. The molecule has 1 heterocycles. The summed E-state index contributed by atoms with van der Waals surface area (Å²) < 4.78 is 0. The zero-order chi connectivity index (χ0) is 11.7. The molecule has 0 amide bonds. The molecule has 1 aromatic carbocycles. The molecule has 1 aliphatic heterocycles. The van der Waals surface area contributed by atoms with Crippen molar-refractivity contribution in [2.24, 2.45) is 11.8 Å². The van der Waals surface area contributed by atoms with E-state index in [2.05, 4.69) is 52.9 Å². The van der Waals surface area contributed by atoms with E-state index in [4.69, 9.17) is 11.6 Å². The van der Waals surface area contributed by atoms with Crippen LogP contribution in [0, 0.1) is 11.8 Å². The van der Waals surface area contributed by atoms with Gasteiger partial charge in [0, 0.05) is 29.1 Å². The first-order valence-electron chi connectivity index (χ1n) is 5.71. The minimum Gasteiger partial charge on any atom is -0.371 e. The summed E-state index contributed by atoms with van der Waals surface area (Å²) in [6.45, 7) is 6.93. The average molecular weight is 303 g/mol. The summed E-state index contributed by atoms with van der Waals surface area (Å²) in [5.74, 6) is 1.55. The van der Waals surface area contributed by atoms with Crippen LogP contribution in [0.5, 0.6) is 0 Å². The molecule has 1 nitrogen and oxygen atoms in total. The highest BCUT2D eigenvalue weighted by Gasteiger charge is 2.26. The van der Waals surface area contributed by atoms with Crippen LogP contribution in [-0.4, -0.2) is 13.1 Å². The van der Waals surface area contributed by atoms with Crippen LogP contribution in [0.3, 0.4) is 0 Å². The van der Waals surface area contributed by atoms with Gasteiger partial charge in [0.25, 0.3) is 0 Å². The Morgan fingerprint density at radius 2 is 1.94 bits per heavy atom. The predicted octanol–water partition coefficient (Wildman–Crippen LogP) is 4.33. The molecule has 88 valence electrons. The fourth-order valence-corrected chi connectivity index (χ4v) is 3.07. The molecular weight excluding hydrogens is 286 g/mol. The zero-order valence-electron chi connectivity index (χ0n) is 9.71. The van der Waals surface area contributed by atoms with Gasteiger partial charge in [-0.25, -0.2) is 0 Å². The Hall–Kier alpha value is -0.210. The molecule has 3 heteroatoms. The van der Waals surface area contributed by atoms with Crippen LogP contribution in [0.2, 0.25) is 5.02 Å². The summed E-state index contributed by atoms with van der Waals surface area (Å²) in [7, 11) is 0. The van der Waals surface area contributed by atoms with Gasteiger partial charge in [-0.3, -0.25) is 0 Å². The number of anilines is 1. The Bertz CT molecular complexity index is 370. The third-order valence-electron chi connectivity index (χ3n) is 3.53. The van der Waals surface area contributed by atoms with Crippen molar-refractivity contribution in [1.82, 2.24) is 0 Å². The topological polar surface area (TPSA) is 3.24 Å². The Labute approximate surface area is 111 Å². The van der Waals surface area contributed by atoms with Gasteiger partial charge in [-0.15, -0.1) is 0 Å². The fourth-order valence-electron chi connectivity index (χ4n) is 2.18. The van der Waals surface area contributed by atoms with Crippen molar-refractivity contribution in [2.45, 2.75) is 19.2 Å². The van der Waals surface area contributed by atoms with Gasteiger partial charge in [0.2, 0.25) is 0 Å². The summed E-state index contributed by atoms with van der Waals surface area (Å²) in [6.07, 6.45) is 0. The highest BCUT2D eigenvalue weighted by molar-refractivity contribution is 9.08. The molecule has 0 bridgehead atoms. The molecule has 0 aliphatic carbocycles. The van der Waals surface area contributed by atoms with Crippen LogP contribution in [0.4, 0.5) is 5.69 Å². The highest BCUT2D eigenvalue weighted by Crippen LogP contribution is 2.31. The van der Waals surface area contributed by atoms with Crippen molar-refractivity contribution < 1.29 is 0 Å². The van der Waals surface area contributed by atoms with Gasteiger partial charge in [-0.2, -0.15) is 0 Å². The number of nitrogens with zero attached hydrogens (tertiary/aromatic N) is 1. The van der Waals surface area contributed by atoms with E-state index in [-0.39, 0.29) is 0 Å². The second kappa shape index (κ2) is 4.97. The Morgan fingerprint density at radius 3 is 2.44 bits per heavy atom. The molecule has 1 aromatic rings. The maximum absolute atomic E-state index is 6.22. The van der Waals surface area contributed by atoms with Gasteiger partial charge in [0.15, 0.2) is 0 Å². The van der Waals surface area contributed by atoms with Gasteiger partial charge < -0.3 is 4.90 Å². The molecule has 0 radical (unpaired) electrons. The minimum absolute atomic E-state index is 0.773. The largest absolute Gasteiger partial charge is 0.371 e. The van der Waals surface area contributed by atoms with E-state index >= 15 is 0 Å². The van der Waals surface area contributed by atoms with Gasteiger partial charge in [-0.05, 0) is 29.5 Å².